The van der Waals surface area contributed by atoms with Crippen LogP contribution >= 0.6 is 0 Å². The molecular formula is C28H26N4O4. The summed E-state index contributed by atoms with van der Waals surface area (Å²) in [7, 11) is 0. The van der Waals surface area contributed by atoms with E-state index in [-0.39, 0.29) is 6.42 Å². The molecule has 0 aliphatic heterocycles. The van der Waals surface area contributed by atoms with Gasteiger partial charge in [-0.3, -0.25) is 9.59 Å². The lowest BCUT2D eigenvalue weighted by Gasteiger charge is -2.18. The van der Waals surface area contributed by atoms with Gasteiger partial charge in [-0.1, -0.05) is 66.7 Å². The fourth-order valence-electron chi connectivity index (χ4n) is 3.64. The van der Waals surface area contributed by atoms with Crippen molar-refractivity contribution in [1.29, 1.82) is 0 Å². The van der Waals surface area contributed by atoms with Gasteiger partial charge in [-0.25, -0.2) is 9.48 Å². The zero-order valence-electron chi connectivity index (χ0n) is 19.8. The first-order valence-electron chi connectivity index (χ1n) is 11.5. The number of benzene rings is 3. The van der Waals surface area contributed by atoms with E-state index < -0.39 is 30.4 Å². The molecule has 8 nitrogen and oxygen atoms in total. The van der Waals surface area contributed by atoms with E-state index in [1.165, 1.54) is 0 Å². The van der Waals surface area contributed by atoms with Gasteiger partial charge in [-0.2, -0.15) is 5.10 Å². The van der Waals surface area contributed by atoms with E-state index in [2.05, 4.69) is 15.7 Å². The molecule has 36 heavy (non-hydrogen) atoms. The van der Waals surface area contributed by atoms with Crippen LogP contribution in [0.1, 0.15) is 21.6 Å². The number of hydrogen-bond acceptors (Lipinski definition) is 5. The second kappa shape index (κ2) is 11.6. The van der Waals surface area contributed by atoms with Crippen molar-refractivity contribution in [2.45, 2.75) is 19.4 Å². The summed E-state index contributed by atoms with van der Waals surface area (Å²) >= 11 is 0. The maximum absolute atomic E-state index is 12.9. The van der Waals surface area contributed by atoms with Crippen LogP contribution in [0.2, 0.25) is 0 Å². The number of carbonyl (C=O) groups excluding carboxylic acids is 3. The highest BCUT2D eigenvalue weighted by molar-refractivity contribution is 5.97. The van der Waals surface area contributed by atoms with Crippen molar-refractivity contribution in [2.75, 3.05) is 11.9 Å². The number of aryl methyl sites for hydroxylation is 1. The normalized spacial score (nSPS) is 11.4. The summed E-state index contributed by atoms with van der Waals surface area (Å²) in [4.78, 5) is 38.2. The molecule has 2 amide bonds. The van der Waals surface area contributed by atoms with E-state index in [1.807, 2.05) is 67.6 Å². The van der Waals surface area contributed by atoms with Crippen LogP contribution in [0.5, 0.6) is 0 Å². The molecule has 1 aromatic heterocycles. The number of ether oxygens (including phenoxy) is 1. The number of carbonyl (C=O) groups is 3. The van der Waals surface area contributed by atoms with E-state index in [1.54, 1.807) is 41.1 Å². The third-order valence-corrected chi connectivity index (χ3v) is 5.35. The Balaban J connectivity index is 1.41. The number of esters is 1. The Kier molecular flexibility index (Phi) is 7.87. The van der Waals surface area contributed by atoms with Crippen molar-refractivity contribution in [3.8, 4) is 5.69 Å². The van der Waals surface area contributed by atoms with Crippen molar-refractivity contribution < 1.29 is 19.1 Å². The summed E-state index contributed by atoms with van der Waals surface area (Å²) in [5.74, 6) is -1.17. The van der Waals surface area contributed by atoms with Crippen LogP contribution in [-0.4, -0.2) is 40.2 Å². The number of hydrogen-bond donors (Lipinski definition) is 2. The predicted molar refractivity (Wildman–Crippen MR) is 136 cm³/mol. The fourth-order valence-corrected chi connectivity index (χ4v) is 3.64. The smallest absolute Gasteiger partial charge is 0.329 e. The standard InChI is InChI=1S/C28H26N4O4/c1-20-17-25(32(31-20)23-15-9-4-10-16-23)30-26(33)19-36-28(35)24(18-21-11-5-2-6-12-21)29-27(34)22-13-7-3-8-14-22/h2-17,24H,18-19H2,1H3,(H,29,34)(H,30,33)/t24-/m1/s1. The molecule has 0 fully saturated rings. The fraction of sp³-hybridized carbons (Fsp3) is 0.143. The predicted octanol–water partition coefficient (Wildman–Crippen LogP) is 3.70. The van der Waals surface area contributed by atoms with Crippen molar-refractivity contribution in [1.82, 2.24) is 15.1 Å². The molecular weight excluding hydrogens is 456 g/mol. The Hall–Kier alpha value is -4.72. The minimum atomic E-state index is -0.968. The molecule has 0 aliphatic carbocycles. The van der Waals surface area contributed by atoms with E-state index in [0.29, 0.717) is 11.4 Å². The summed E-state index contributed by atoms with van der Waals surface area (Å²) in [5, 5.41) is 9.88. The Morgan fingerprint density at radius 3 is 2.17 bits per heavy atom. The summed E-state index contributed by atoms with van der Waals surface area (Å²) in [6, 6.07) is 28.0. The highest BCUT2D eigenvalue weighted by Gasteiger charge is 2.24. The van der Waals surface area contributed by atoms with Gasteiger partial charge in [0.1, 0.15) is 11.9 Å². The number of rotatable bonds is 9. The highest BCUT2D eigenvalue weighted by atomic mass is 16.5. The summed E-state index contributed by atoms with van der Waals surface area (Å²) in [6.45, 7) is 1.31. The first kappa shape index (κ1) is 24.4. The van der Waals surface area contributed by atoms with Gasteiger partial charge in [-0.15, -0.1) is 0 Å². The third kappa shape index (κ3) is 6.44. The third-order valence-electron chi connectivity index (χ3n) is 5.35. The second-order valence-corrected chi connectivity index (χ2v) is 8.16. The van der Waals surface area contributed by atoms with Gasteiger partial charge in [0.05, 0.1) is 11.4 Å². The van der Waals surface area contributed by atoms with E-state index in [4.69, 9.17) is 4.74 Å². The number of para-hydroxylation sites is 1. The van der Waals surface area contributed by atoms with Crippen molar-refractivity contribution in [3.05, 3.63) is 114 Å². The van der Waals surface area contributed by atoms with Crippen LogP contribution in [0.15, 0.2) is 97.1 Å². The van der Waals surface area contributed by atoms with Gasteiger partial charge in [0, 0.05) is 18.1 Å². The summed E-state index contributed by atoms with van der Waals surface area (Å²) < 4.78 is 6.91. The van der Waals surface area contributed by atoms with E-state index in [9.17, 15) is 14.4 Å². The number of anilines is 1. The minimum Gasteiger partial charge on any atom is -0.454 e. The minimum absolute atomic E-state index is 0.222. The second-order valence-electron chi connectivity index (χ2n) is 8.16. The molecule has 1 atom stereocenters. The number of aromatic nitrogens is 2. The van der Waals surface area contributed by atoms with Crippen LogP contribution in [0.25, 0.3) is 5.69 Å². The molecule has 8 heteroatoms. The Labute approximate surface area is 208 Å². The van der Waals surface area contributed by atoms with Crippen molar-refractivity contribution in [2.24, 2.45) is 0 Å². The zero-order chi connectivity index (χ0) is 25.3. The molecule has 0 aliphatic rings. The van der Waals surface area contributed by atoms with Gasteiger partial charge in [-0.05, 0) is 36.8 Å². The quantitative estimate of drug-likeness (QED) is 0.354. The number of nitrogens with one attached hydrogen (secondary N) is 2. The largest absolute Gasteiger partial charge is 0.454 e. The van der Waals surface area contributed by atoms with Gasteiger partial charge in [0.2, 0.25) is 0 Å². The van der Waals surface area contributed by atoms with E-state index >= 15 is 0 Å². The number of nitrogens with zero attached hydrogens (tertiary/aromatic N) is 2. The molecule has 182 valence electrons. The Morgan fingerprint density at radius 2 is 1.50 bits per heavy atom. The lowest BCUT2D eigenvalue weighted by atomic mass is 10.1. The first-order chi connectivity index (χ1) is 17.5. The summed E-state index contributed by atoms with van der Waals surface area (Å²) in [6.07, 6.45) is 0.222. The monoisotopic (exact) mass is 482 g/mol. The van der Waals surface area contributed by atoms with Crippen LogP contribution in [-0.2, 0) is 20.7 Å². The Bertz CT molecular complexity index is 1320. The molecule has 0 spiro atoms. The molecule has 3 aromatic carbocycles. The lowest BCUT2D eigenvalue weighted by Crippen LogP contribution is -2.44. The van der Waals surface area contributed by atoms with Crippen LogP contribution in [0.3, 0.4) is 0 Å². The number of amides is 2. The van der Waals surface area contributed by atoms with Crippen molar-refractivity contribution in [3.63, 3.8) is 0 Å². The molecule has 4 rings (SSSR count). The average molecular weight is 483 g/mol. The maximum Gasteiger partial charge on any atom is 0.329 e. The van der Waals surface area contributed by atoms with Crippen LogP contribution in [0, 0.1) is 6.92 Å². The van der Waals surface area contributed by atoms with Gasteiger partial charge < -0.3 is 15.4 Å². The molecule has 0 radical (unpaired) electrons. The first-order valence-corrected chi connectivity index (χ1v) is 11.5. The summed E-state index contributed by atoms with van der Waals surface area (Å²) in [5.41, 5.74) is 2.77. The zero-order valence-corrected chi connectivity index (χ0v) is 19.8. The van der Waals surface area contributed by atoms with E-state index in [0.717, 1.165) is 16.9 Å². The van der Waals surface area contributed by atoms with Crippen LogP contribution in [0.4, 0.5) is 5.82 Å². The average Bonchev–Trinajstić information content (AvgIpc) is 3.28. The van der Waals surface area contributed by atoms with Crippen LogP contribution < -0.4 is 10.6 Å². The molecule has 0 saturated carbocycles. The van der Waals surface area contributed by atoms with Crippen molar-refractivity contribution >= 4 is 23.6 Å². The molecule has 0 bridgehead atoms. The Morgan fingerprint density at radius 1 is 0.889 bits per heavy atom. The SMILES string of the molecule is Cc1cc(NC(=O)COC(=O)[C@@H](Cc2ccccc2)NC(=O)c2ccccc2)n(-c2ccccc2)n1. The van der Waals surface area contributed by atoms with Gasteiger partial charge >= 0.3 is 5.97 Å². The topological polar surface area (TPSA) is 102 Å². The highest BCUT2D eigenvalue weighted by Crippen LogP contribution is 2.17. The molecule has 1 heterocycles. The molecule has 4 aromatic rings. The maximum atomic E-state index is 12.9. The molecule has 0 unspecified atom stereocenters. The molecule has 2 N–H and O–H groups in total. The molecule has 0 saturated heterocycles. The van der Waals surface area contributed by atoms with Gasteiger partial charge in [0.15, 0.2) is 6.61 Å². The van der Waals surface area contributed by atoms with Gasteiger partial charge in [0.25, 0.3) is 11.8 Å². The lowest BCUT2D eigenvalue weighted by molar-refractivity contribution is -0.149.